The summed E-state index contributed by atoms with van der Waals surface area (Å²) < 4.78 is 13.3. The number of amides is 2. The molecule has 0 saturated heterocycles. The maximum Gasteiger partial charge on any atom is 0.322 e. The Labute approximate surface area is 160 Å². The molecule has 0 fully saturated rings. The van der Waals surface area contributed by atoms with E-state index in [1.54, 1.807) is 32.7 Å². The molecule has 1 unspecified atom stereocenters. The first-order valence-electron chi connectivity index (χ1n) is 8.18. The van der Waals surface area contributed by atoms with Crippen LogP contribution in [0.2, 0.25) is 5.02 Å². The average molecular weight is 389 g/mol. The van der Waals surface area contributed by atoms with E-state index in [9.17, 15) is 9.18 Å². The lowest BCUT2D eigenvalue weighted by molar-refractivity contribution is 0.208. The van der Waals surface area contributed by atoms with Crippen molar-refractivity contribution < 1.29 is 9.18 Å². The highest BCUT2D eigenvalue weighted by Gasteiger charge is 2.22. The Bertz CT molecular complexity index is 999. The number of rotatable bonds is 4. The molecule has 1 aromatic carbocycles. The number of halogens is 2. The van der Waals surface area contributed by atoms with E-state index in [-0.39, 0.29) is 17.1 Å². The predicted molar refractivity (Wildman–Crippen MR) is 103 cm³/mol. The zero-order chi connectivity index (χ0) is 19.6. The summed E-state index contributed by atoms with van der Waals surface area (Å²) in [6.45, 7) is 1.86. The van der Waals surface area contributed by atoms with Crippen molar-refractivity contribution in [3.63, 3.8) is 0 Å². The van der Waals surface area contributed by atoms with Crippen molar-refractivity contribution in [1.82, 2.24) is 19.9 Å². The average Bonchev–Trinajstić information content (AvgIpc) is 2.68. The van der Waals surface area contributed by atoms with Gasteiger partial charge < -0.3 is 15.5 Å². The van der Waals surface area contributed by atoms with E-state index in [0.717, 1.165) is 5.56 Å². The summed E-state index contributed by atoms with van der Waals surface area (Å²) in [6.07, 6.45) is 4.86. The van der Waals surface area contributed by atoms with Crippen molar-refractivity contribution in [3.05, 3.63) is 53.2 Å². The Kier molecular flexibility index (Phi) is 5.36. The summed E-state index contributed by atoms with van der Waals surface area (Å²) >= 11 is 5.76. The van der Waals surface area contributed by atoms with Gasteiger partial charge in [-0.25, -0.2) is 19.2 Å². The van der Waals surface area contributed by atoms with Gasteiger partial charge in [0.05, 0.1) is 16.6 Å². The van der Waals surface area contributed by atoms with E-state index in [2.05, 4.69) is 25.6 Å². The Hall–Kier alpha value is -3.00. The molecule has 0 spiro atoms. The van der Waals surface area contributed by atoms with E-state index in [4.69, 9.17) is 11.6 Å². The van der Waals surface area contributed by atoms with Crippen LogP contribution in [0, 0.1) is 5.82 Å². The highest BCUT2D eigenvalue weighted by Crippen LogP contribution is 2.28. The third kappa shape index (κ3) is 3.75. The summed E-state index contributed by atoms with van der Waals surface area (Å²) in [7, 11) is 3.41. The van der Waals surface area contributed by atoms with Crippen LogP contribution in [0.1, 0.15) is 18.5 Å². The minimum Gasteiger partial charge on any atom is -0.371 e. The van der Waals surface area contributed by atoms with Gasteiger partial charge in [-0.3, -0.25) is 4.98 Å². The first-order chi connectivity index (χ1) is 12.9. The van der Waals surface area contributed by atoms with Crippen LogP contribution < -0.4 is 10.6 Å². The zero-order valence-corrected chi connectivity index (χ0v) is 15.8. The van der Waals surface area contributed by atoms with Crippen LogP contribution in [0.15, 0.2) is 36.8 Å². The summed E-state index contributed by atoms with van der Waals surface area (Å²) in [4.78, 5) is 27.2. The zero-order valence-electron chi connectivity index (χ0n) is 15.0. The molecule has 0 radical (unpaired) electrons. The van der Waals surface area contributed by atoms with Crippen LogP contribution >= 0.6 is 11.6 Å². The molecular weight excluding hydrogens is 371 g/mol. The fourth-order valence-corrected chi connectivity index (χ4v) is 2.82. The Balaban J connectivity index is 1.86. The van der Waals surface area contributed by atoms with Crippen molar-refractivity contribution in [2.75, 3.05) is 24.7 Å². The molecule has 140 valence electrons. The Morgan fingerprint density at radius 1 is 1.22 bits per heavy atom. The van der Waals surface area contributed by atoms with Gasteiger partial charge in [0.25, 0.3) is 0 Å². The molecule has 2 amide bonds. The largest absolute Gasteiger partial charge is 0.371 e. The highest BCUT2D eigenvalue weighted by atomic mass is 35.5. The van der Waals surface area contributed by atoms with Crippen LogP contribution in [0.3, 0.4) is 0 Å². The topological polar surface area (TPSA) is 83.0 Å². The maximum absolute atomic E-state index is 13.3. The monoisotopic (exact) mass is 388 g/mol. The molecule has 0 saturated carbocycles. The Morgan fingerprint density at radius 3 is 2.59 bits per heavy atom. The number of anilines is 2. The number of hydrogen-bond acceptors (Lipinski definition) is 5. The number of fused-ring (bicyclic) bond motifs is 1. The molecule has 3 aromatic rings. The van der Waals surface area contributed by atoms with E-state index >= 15 is 0 Å². The molecule has 7 nitrogen and oxygen atoms in total. The molecule has 2 aromatic heterocycles. The minimum absolute atomic E-state index is 0.0587. The Morgan fingerprint density at radius 2 is 1.93 bits per heavy atom. The fraction of sp³-hybridized carbons (Fsp3) is 0.222. The van der Waals surface area contributed by atoms with Gasteiger partial charge in [-0.05, 0) is 25.1 Å². The molecule has 0 aliphatic heterocycles. The second-order valence-corrected chi connectivity index (χ2v) is 6.32. The van der Waals surface area contributed by atoms with E-state index in [1.807, 2.05) is 6.92 Å². The van der Waals surface area contributed by atoms with Gasteiger partial charge in [0.1, 0.15) is 11.3 Å². The van der Waals surface area contributed by atoms with Gasteiger partial charge >= 0.3 is 6.03 Å². The molecule has 27 heavy (non-hydrogen) atoms. The van der Waals surface area contributed by atoms with E-state index < -0.39 is 5.82 Å². The number of hydrogen-bond donors (Lipinski definition) is 2. The minimum atomic E-state index is -0.544. The predicted octanol–water partition coefficient (Wildman–Crippen LogP) is 4.08. The lowest BCUT2D eigenvalue weighted by atomic mass is 10.1. The lowest BCUT2D eigenvalue weighted by Crippen LogP contribution is -2.33. The van der Waals surface area contributed by atoms with Crippen LogP contribution in [0.4, 0.5) is 20.7 Å². The molecule has 0 aliphatic carbocycles. The van der Waals surface area contributed by atoms with Crippen molar-refractivity contribution >= 4 is 40.2 Å². The molecule has 1 atom stereocenters. The van der Waals surface area contributed by atoms with E-state index in [0.29, 0.717) is 22.5 Å². The second-order valence-electron chi connectivity index (χ2n) is 5.91. The van der Waals surface area contributed by atoms with Crippen LogP contribution in [-0.2, 0) is 0 Å². The standard InChI is InChI=1S/C18H18ClFN6O/c1-10(12-9-24-17(21-2)16-15(12)22-6-7-23-16)26(3)18(27)25-11-4-5-14(20)13(19)8-11/h4-10H,1-3H3,(H,21,24)(H,25,27). The number of urea groups is 1. The van der Waals surface area contributed by atoms with E-state index in [1.165, 1.54) is 23.1 Å². The van der Waals surface area contributed by atoms with Gasteiger partial charge in [-0.2, -0.15) is 0 Å². The normalized spacial score (nSPS) is 11.9. The van der Waals surface area contributed by atoms with Gasteiger partial charge in [-0.1, -0.05) is 11.6 Å². The fourth-order valence-electron chi connectivity index (χ4n) is 2.64. The maximum atomic E-state index is 13.3. The smallest absolute Gasteiger partial charge is 0.322 e. The first-order valence-corrected chi connectivity index (χ1v) is 8.56. The van der Waals surface area contributed by atoms with Gasteiger partial charge in [0.15, 0.2) is 5.82 Å². The van der Waals surface area contributed by atoms with Gasteiger partial charge in [-0.15, -0.1) is 0 Å². The number of nitrogens with one attached hydrogen (secondary N) is 2. The molecule has 0 aliphatic rings. The highest BCUT2D eigenvalue weighted by molar-refractivity contribution is 6.31. The molecule has 3 rings (SSSR count). The number of pyridine rings is 1. The third-order valence-corrected chi connectivity index (χ3v) is 4.58. The second kappa shape index (κ2) is 7.71. The number of aromatic nitrogens is 3. The van der Waals surface area contributed by atoms with Crippen molar-refractivity contribution in [3.8, 4) is 0 Å². The molecule has 9 heteroatoms. The summed E-state index contributed by atoms with van der Waals surface area (Å²) in [5.41, 5.74) is 2.45. The summed E-state index contributed by atoms with van der Waals surface area (Å²) in [5, 5.41) is 5.62. The number of benzene rings is 1. The van der Waals surface area contributed by atoms with Crippen molar-refractivity contribution in [1.29, 1.82) is 0 Å². The molecule has 2 heterocycles. The number of carbonyl (C=O) groups excluding carboxylic acids is 1. The van der Waals surface area contributed by atoms with Crippen molar-refractivity contribution in [2.45, 2.75) is 13.0 Å². The molecular formula is C18H18ClFN6O. The first kappa shape index (κ1) is 18.8. The van der Waals surface area contributed by atoms with Crippen LogP contribution in [-0.4, -0.2) is 40.0 Å². The molecule has 2 N–H and O–H groups in total. The van der Waals surface area contributed by atoms with Gasteiger partial charge in [0, 0.05) is 43.9 Å². The third-order valence-electron chi connectivity index (χ3n) is 4.29. The number of nitrogens with zero attached hydrogens (tertiary/aromatic N) is 4. The lowest BCUT2D eigenvalue weighted by Gasteiger charge is -2.26. The quantitative estimate of drug-likeness (QED) is 0.703. The SMILES string of the molecule is CNc1ncc(C(C)N(C)C(=O)Nc2ccc(F)c(Cl)c2)c2nccnc12. The van der Waals surface area contributed by atoms with Gasteiger partial charge in [0.2, 0.25) is 0 Å². The van der Waals surface area contributed by atoms with Crippen LogP contribution in [0.5, 0.6) is 0 Å². The summed E-state index contributed by atoms with van der Waals surface area (Å²) in [6, 6.07) is 3.29. The van der Waals surface area contributed by atoms with Crippen molar-refractivity contribution in [2.24, 2.45) is 0 Å². The summed E-state index contributed by atoms with van der Waals surface area (Å²) in [5.74, 6) is 0.0687. The van der Waals surface area contributed by atoms with Crippen LogP contribution in [0.25, 0.3) is 11.0 Å². The number of carbonyl (C=O) groups is 1. The molecule has 0 bridgehead atoms.